The van der Waals surface area contributed by atoms with Crippen LogP contribution in [-0.4, -0.2) is 107 Å². The number of benzene rings is 4. The highest BCUT2D eigenvalue weighted by molar-refractivity contribution is 7.90. The summed E-state index contributed by atoms with van der Waals surface area (Å²) in [5.41, 5.74) is 5.65. The van der Waals surface area contributed by atoms with Crippen LogP contribution < -0.4 is 28.4 Å². The molecule has 0 spiro atoms. The molecule has 14 nitrogen and oxygen atoms in total. The van der Waals surface area contributed by atoms with Gasteiger partial charge in [0, 0.05) is 48.9 Å². The zero-order chi connectivity index (χ0) is 49.0. The fourth-order valence-electron chi connectivity index (χ4n) is 9.88. The van der Waals surface area contributed by atoms with Gasteiger partial charge in [0.15, 0.2) is 23.0 Å². The predicted molar refractivity (Wildman–Crippen MR) is 267 cm³/mol. The number of hydrogen-bond acceptors (Lipinski definition) is 11. The van der Waals surface area contributed by atoms with Crippen LogP contribution in [0.2, 0.25) is 0 Å². The van der Waals surface area contributed by atoms with Crippen molar-refractivity contribution in [3.8, 4) is 34.5 Å². The van der Waals surface area contributed by atoms with E-state index in [0.717, 1.165) is 52.8 Å². The largest absolute Gasteiger partial charge is 0.497 e. The smallest absolute Gasteiger partial charge is 0.292 e. The highest BCUT2D eigenvalue weighted by atomic mass is 32.2. The van der Waals surface area contributed by atoms with Gasteiger partial charge in [-0.2, -0.15) is 8.42 Å². The molecule has 0 saturated heterocycles. The summed E-state index contributed by atoms with van der Waals surface area (Å²) in [6.07, 6.45) is 10.8. The molecular formula is C53H61N2O12PS. The van der Waals surface area contributed by atoms with Gasteiger partial charge in [0.1, 0.15) is 11.5 Å². The van der Waals surface area contributed by atoms with Gasteiger partial charge in [0.2, 0.25) is 0 Å². The summed E-state index contributed by atoms with van der Waals surface area (Å²) in [7, 11) is -1.16. The molecule has 4 aliphatic rings. The minimum absolute atomic E-state index is 0.0194. The molecule has 1 N–H and O–H groups in total. The second-order valence-corrected chi connectivity index (χ2v) is 23.0. The van der Waals surface area contributed by atoms with E-state index in [1.807, 2.05) is 53.6 Å². The molecule has 0 saturated carbocycles. The summed E-state index contributed by atoms with van der Waals surface area (Å²) in [5.74, 6) is 2.68. The van der Waals surface area contributed by atoms with Crippen LogP contribution >= 0.6 is 7.14 Å². The number of carbonyl (C=O) groups excluding carboxylic acids is 2. The van der Waals surface area contributed by atoms with E-state index in [-0.39, 0.29) is 58.4 Å². The van der Waals surface area contributed by atoms with Crippen molar-refractivity contribution in [2.45, 2.75) is 70.9 Å². The molecule has 0 bridgehead atoms. The van der Waals surface area contributed by atoms with Gasteiger partial charge in [-0.05, 0) is 126 Å². The summed E-state index contributed by atoms with van der Waals surface area (Å²) in [6, 6.07) is 21.0. The number of hydrogen-bond donors (Lipinski definition) is 1. The zero-order valence-electron chi connectivity index (χ0n) is 40.1. The van der Waals surface area contributed by atoms with E-state index in [1.165, 1.54) is 24.2 Å². The van der Waals surface area contributed by atoms with Crippen molar-refractivity contribution in [1.29, 1.82) is 0 Å². The Kier molecular flexibility index (Phi) is 15.0. The number of amides is 2. The second kappa shape index (κ2) is 20.9. The quantitative estimate of drug-likeness (QED) is 0.0507. The van der Waals surface area contributed by atoms with Crippen molar-refractivity contribution < 1.29 is 55.5 Å². The van der Waals surface area contributed by atoms with Crippen molar-refractivity contribution in [3.05, 3.63) is 123 Å². The van der Waals surface area contributed by atoms with Gasteiger partial charge >= 0.3 is 0 Å². The molecule has 16 heteroatoms. The monoisotopic (exact) mass is 980 g/mol. The normalized spacial score (nSPS) is 19.4. The Balaban J connectivity index is 0.906. The van der Waals surface area contributed by atoms with E-state index in [9.17, 15) is 27.1 Å². The van der Waals surface area contributed by atoms with Crippen LogP contribution in [0.1, 0.15) is 95.3 Å². The highest BCUT2D eigenvalue weighted by Crippen LogP contribution is 2.49. The molecule has 0 aliphatic carbocycles. The predicted octanol–water partition coefficient (Wildman–Crippen LogP) is 10.1. The molecule has 0 radical (unpaired) electrons. The minimum Gasteiger partial charge on any atom is -0.497 e. The standard InChI is InChI=1S/C53H61N2O12PS/c1-7-8-21-68(58,22-9-19-66-49-27-37-24-34(2)45-25-39(35-11-15-41(62-3)16-12-35)32-54(45)52(56)43(37)30-47(49)64-5)23-10-20-67-50-28-38-29-51(69(59,60)61)46-26-40(36-13-17-42(63-4)18-14-36)33-55(46)53(57)44(38)31-48(50)65-6/h11-18,27-34,45-46H,7-10,19-26H2,1-6H3,(H,59,60,61)/t34?,45-,46-,68?/m0/s1. The first-order chi connectivity index (χ1) is 33.2. The maximum Gasteiger partial charge on any atom is 0.292 e. The van der Waals surface area contributed by atoms with Crippen molar-refractivity contribution in [2.24, 2.45) is 5.92 Å². The summed E-state index contributed by atoms with van der Waals surface area (Å²) in [5, 5.41) is 0. The first-order valence-corrected chi connectivity index (χ1v) is 27.2. The van der Waals surface area contributed by atoms with Gasteiger partial charge in [-0.15, -0.1) is 0 Å². The first-order valence-electron chi connectivity index (χ1n) is 23.5. The van der Waals surface area contributed by atoms with Crippen LogP contribution in [0.15, 0.2) is 90.1 Å². The number of carbonyl (C=O) groups is 2. The third-order valence-corrected chi connectivity index (χ3v) is 18.1. The van der Waals surface area contributed by atoms with E-state index >= 15 is 0 Å². The molecule has 2 unspecified atom stereocenters. The SMILES string of the molecule is CCCCP(=O)(CCCOc1cc2c(cc1OC)C(=O)N1C=C(c3ccc(OC)cc3)C[C@H]1C(S(=O)(=O)O)=C2)CCCOc1cc2c(cc1OC)C(=O)N1C=C(c3ccc(OC)cc3)C[C@H]1C(C)C2. The molecule has 4 aromatic carbocycles. The van der Waals surface area contributed by atoms with E-state index in [1.54, 1.807) is 51.8 Å². The van der Waals surface area contributed by atoms with E-state index < -0.39 is 29.2 Å². The number of unbranched alkanes of at least 4 members (excludes halogenated alkanes) is 1. The van der Waals surface area contributed by atoms with Crippen LogP contribution in [0, 0.1) is 5.92 Å². The van der Waals surface area contributed by atoms with Gasteiger partial charge in [-0.3, -0.25) is 14.1 Å². The van der Waals surface area contributed by atoms with Gasteiger partial charge < -0.3 is 42.8 Å². The summed E-state index contributed by atoms with van der Waals surface area (Å²) < 4.78 is 85.2. The first kappa shape index (κ1) is 49.4. The van der Waals surface area contributed by atoms with Crippen molar-refractivity contribution in [2.75, 3.05) is 60.1 Å². The lowest BCUT2D eigenvalue weighted by molar-refractivity contribution is 0.0760. The Morgan fingerprint density at radius 1 is 0.652 bits per heavy atom. The van der Waals surface area contributed by atoms with Crippen LogP contribution in [0.4, 0.5) is 0 Å². The molecule has 4 aliphatic heterocycles. The molecule has 4 atom stereocenters. The van der Waals surface area contributed by atoms with Gasteiger partial charge in [0.05, 0.1) is 65.3 Å². The topological polar surface area (TPSA) is 167 Å². The number of fused-ring (bicyclic) bond motifs is 4. The summed E-state index contributed by atoms with van der Waals surface area (Å²) >= 11 is 0. The average Bonchev–Trinajstić information content (AvgIpc) is 3.96. The maximum absolute atomic E-state index is 14.5. The number of methoxy groups -OCH3 is 4. The molecule has 4 aromatic rings. The fraction of sp³-hybridized carbons (Fsp3) is 0.396. The third-order valence-electron chi connectivity index (χ3n) is 13.7. The minimum atomic E-state index is -4.73. The van der Waals surface area contributed by atoms with Crippen LogP contribution in [-0.2, 0) is 21.1 Å². The molecule has 2 amide bonds. The summed E-state index contributed by atoms with van der Waals surface area (Å²) in [6.45, 7) is 4.76. The van der Waals surface area contributed by atoms with Gasteiger partial charge in [-0.25, -0.2) is 0 Å². The molecule has 366 valence electrons. The lowest BCUT2D eigenvalue weighted by Crippen LogP contribution is -2.35. The van der Waals surface area contributed by atoms with Crippen molar-refractivity contribution in [3.63, 3.8) is 0 Å². The second-order valence-electron chi connectivity index (χ2n) is 18.1. The Bertz CT molecular complexity index is 2840. The third kappa shape index (κ3) is 10.6. The van der Waals surface area contributed by atoms with Crippen molar-refractivity contribution in [1.82, 2.24) is 9.80 Å². The lowest BCUT2D eigenvalue weighted by Gasteiger charge is -2.25. The Morgan fingerprint density at radius 2 is 1.17 bits per heavy atom. The number of nitrogens with zero attached hydrogens (tertiary/aromatic N) is 2. The van der Waals surface area contributed by atoms with Crippen LogP contribution in [0.25, 0.3) is 17.2 Å². The average molecular weight is 981 g/mol. The van der Waals surface area contributed by atoms with Gasteiger partial charge in [-0.1, -0.05) is 44.5 Å². The molecule has 8 rings (SSSR count). The van der Waals surface area contributed by atoms with Crippen molar-refractivity contribution >= 4 is 46.3 Å². The molecule has 4 heterocycles. The fourth-order valence-corrected chi connectivity index (χ4v) is 13.7. The Morgan fingerprint density at radius 3 is 1.72 bits per heavy atom. The molecular weight excluding hydrogens is 920 g/mol. The van der Waals surface area contributed by atoms with Crippen LogP contribution in [0.5, 0.6) is 34.5 Å². The lowest BCUT2D eigenvalue weighted by atomic mass is 9.90. The highest BCUT2D eigenvalue weighted by Gasteiger charge is 2.41. The summed E-state index contributed by atoms with van der Waals surface area (Å²) in [4.78, 5) is 31.1. The molecule has 0 aromatic heterocycles. The number of rotatable bonds is 20. The van der Waals surface area contributed by atoms with Crippen LogP contribution in [0.3, 0.4) is 0 Å². The van der Waals surface area contributed by atoms with Gasteiger partial charge in [0.25, 0.3) is 21.9 Å². The van der Waals surface area contributed by atoms with E-state index in [2.05, 4.69) is 13.8 Å². The molecule has 0 fully saturated rings. The Labute approximate surface area is 405 Å². The zero-order valence-corrected chi connectivity index (χ0v) is 41.8. The van der Waals surface area contributed by atoms with E-state index in [0.29, 0.717) is 67.2 Å². The Hall–Kier alpha value is -6.02. The van der Waals surface area contributed by atoms with E-state index in [4.69, 9.17) is 28.4 Å². The number of ether oxygens (including phenoxy) is 6. The maximum atomic E-state index is 14.5. The molecule has 69 heavy (non-hydrogen) atoms.